The maximum atomic E-state index is 10.0. The van der Waals surface area contributed by atoms with Crippen LogP contribution in [-0.4, -0.2) is 5.91 Å². The first-order valence-electron chi connectivity index (χ1n) is 5.81. The van der Waals surface area contributed by atoms with Gasteiger partial charge in [-0.15, -0.1) is 11.5 Å². The zero-order valence-corrected chi connectivity index (χ0v) is 9.89. The third-order valence-electron chi connectivity index (χ3n) is 2.67. The molecule has 1 aliphatic rings. The van der Waals surface area contributed by atoms with Gasteiger partial charge in [-0.05, 0) is 36.8 Å². The van der Waals surface area contributed by atoms with E-state index in [9.17, 15) is 9.70 Å². The highest BCUT2D eigenvalue weighted by Crippen LogP contribution is 2.20. The number of hydrogen-bond donors (Lipinski definition) is 0. The maximum absolute atomic E-state index is 10.0. The molecule has 90 valence electrons. The second-order valence-corrected chi connectivity index (χ2v) is 3.93. The quantitative estimate of drug-likeness (QED) is 0.591. The van der Waals surface area contributed by atoms with Crippen LogP contribution >= 0.6 is 0 Å². The molecule has 3 heteroatoms. The number of fused-ring (bicyclic) bond motifs is 1. The number of amides is 1. The summed E-state index contributed by atoms with van der Waals surface area (Å²) in [6.07, 6.45) is 6.26. The molecule has 0 aliphatic heterocycles. The molecule has 1 aromatic carbocycles. The van der Waals surface area contributed by atoms with E-state index in [4.69, 9.17) is 0 Å². The van der Waals surface area contributed by atoms with Gasteiger partial charge in [0.15, 0.2) is 0 Å². The standard InChI is InChI=1S/C9H10.C5H7NO2/c1-2-5-9-7-3-6-8(9)4-1;1-2-3-4-5(7)6-8/h1-2,4-5H,3,6-7H2;2H,1,3-4H2. The number of nitrogens with zero attached hydrogens (tertiary/aromatic N) is 1. The molecule has 0 fully saturated rings. The largest absolute Gasteiger partial charge is 0.286 e. The monoisotopic (exact) mass is 231 g/mol. The van der Waals surface area contributed by atoms with Crippen LogP contribution in [-0.2, 0) is 17.6 Å². The van der Waals surface area contributed by atoms with Crippen LogP contribution in [0.2, 0.25) is 0 Å². The van der Waals surface area contributed by atoms with Crippen LogP contribution in [0.4, 0.5) is 0 Å². The Hall–Kier alpha value is -1.77. The van der Waals surface area contributed by atoms with Crippen molar-refractivity contribution in [1.82, 2.24) is 0 Å². The smallest absolute Gasteiger partial charge is 0.269 e. The van der Waals surface area contributed by atoms with Crippen LogP contribution in [0, 0.1) is 4.91 Å². The molecule has 0 saturated carbocycles. The van der Waals surface area contributed by atoms with E-state index in [0.717, 1.165) is 0 Å². The number of rotatable bonds is 3. The molecule has 2 rings (SSSR count). The van der Waals surface area contributed by atoms with Crippen molar-refractivity contribution >= 4 is 5.91 Å². The molecule has 0 N–H and O–H groups in total. The molecular weight excluding hydrogens is 214 g/mol. The predicted molar refractivity (Wildman–Crippen MR) is 68.7 cm³/mol. The zero-order valence-electron chi connectivity index (χ0n) is 9.89. The first-order valence-corrected chi connectivity index (χ1v) is 5.81. The minimum absolute atomic E-state index is 0.188. The summed E-state index contributed by atoms with van der Waals surface area (Å²) >= 11 is 0. The van der Waals surface area contributed by atoms with E-state index in [1.54, 1.807) is 17.2 Å². The van der Waals surface area contributed by atoms with Gasteiger partial charge in [-0.2, -0.15) is 0 Å². The summed E-state index contributed by atoms with van der Waals surface area (Å²) in [5.41, 5.74) is 3.13. The average Bonchev–Trinajstić information content (AvgIpc) is 2.85. The van der Waals surface area contributed by atoms with E-state index in [-0.39, 0.29) is 6.42 Å². The fraction of sp³-hybridized carbons (Fsp3) is 0.357. The van der Waals surface area contributed by atoms with E-state index in [2.05, 4.69) is 36.0 Å². The van der Waals surface area contributed by atoms with Crippen molar-refractivity contribution in [3.63, 3.8) is 0 Å². The molecule has 3 nitrogen and oxygen atoms in total. The normalized spacial score (nSPS) is 12.0. The van der Waals surface area contributed by atoms with Crippen LogP contribution in [0.3, 0.4) is 0 Å². The van der Waals surface area contributed by atoms with Gasteiger partial charge < -0.3 is 0 Å². The number of carbonyl (C=O) groups excluding carboxylic acids is 1. The lowest BCUT2D eigenvalue weighted by Gasteiger charge is -1.93. The fourth-order valence-corrected chi connectivity index (χ4v) is 1.79. The first-order chi connectivity index (χ1) is 8.27. The van der Waals surface area contributed by atoms with Gasteiger partial charge in [0.1, 0.15) is 0 Å². The van der Waals surface area contributed by atoms with Crippen molar-refractivity contribution in [3.05, 3.63) is 53.0 Å². The molecule has 0 heterocycles. The van der Waals surface area contributed by atoms with Gasteiger partial charge in [0.05, 0.1) is 0 Å². The van der Waals surface area contributed by atoms with Crippen molar-refractivity contribution in [2.24, 2.45) is 5.18 Å². The summed E-state index contributed by atoms with van der Waals surface area (Å²) in [6.45, 7) is 3.37. The SMILES string of the molecule is C=CCCC(=O)N=O.c1ccc2c(c1)CCC2. The van der Waals surface area contributed by atoms with E-state index in [0.29, 0.717) is 6.42 Å². The van der Waals surface area contributed by atoms with Crippen molar-refractivity contribution < 1.29 is 4.79 Å². The highest BCUT2D eigenvalue weighted by atomic mass is 16.3. The lowest BCUT2D eigenvalue weighted by atomic mass is 10.1. The molecule has 17 heavy (non-hydrogen) atoms. The Kier molecular flexibility index (Phi) is 5.86. The molecule has 0 atom stereocenters. The third-order valence-corrected chi connectivity index (χ3v) is 2.67. The zero-order chi connectivity index (χ0) is 12.5. The summed E-state index contributed by atoms with van der Waals surface area (Å²) in [4.78, 5) is 19.4. The summed E-state index contributed by atoms with van der Waals surface area (Å²) < 4.78 is 0. The van der Waals surface area contributed by atoms with Crippen molar-refractivity contribution in [3.8, 4) is 0 Å². The van der Waals surface area contributed by atoms with Gasteiger partial charge in [0, 0.05) is 11.6 Å². The minimum Gasteiger partial charge on any atom is -0.269 e. The molecule has 1 aliphatic carbocycles. The lowest BCUT2D eigenvalue weighted by molar-refractivity contribution is -0.117. The Balaban J connectivity index is 0.000000172. The fourth-order valence-electron chi connectivity index (χ4n) is 1.79. The Labute approximate surface area is 102 Å². The molecule has 1 amide bonds. The second-order valence-electron chi connectivity index (χ2n) is 3.93. The van der Waals surface area contributed by atoms with E-state index < -0.39 is 5.91 Å². The van der Waals surface area contributed by atoms with Crippen molar-refractivity contribution in [2.75, 3.05) is 0 Å². The number of allylic oxidation sites excluding steroid dienone is 1. The first kappa shape index (κ1) is 13.3. The summed E-state index contributed by atoms with van der Waals surface area (Å²) in [6, 6.07) is 8.74. The molecule has 0 aromatic heterocycles. The summed E-state index contributed by atoms with van der Waals surface area (Å²) in [5.74, 6) is -0.607. The van der Waals surface area contributed by atoms with Crippen molar-refractivity contribution in [1.29, 1.82) is 0 Å². The molecule has 0 bridgehead atoms. The third kappa shape index (κ3) is 4.72. The number of hydrogen-bond acceptors (Lipinski definition) is 2. The minimum atomic E-state index is -0.607. The van der Waals surface area contributed by atoms with E-state index >= 15 is 0 Å². The Morgan fingerprint density at radius 2 is 1.88 bits per heavy atom. The van der Waals surface area contributed by atoms with Crippen LogP contribution in [0.15, 0.2) is 42.1 Å². The van der Waals surface area contributed by atoms with Crippen LogP contribution in [0.5, 0.6) is 0 Å². The predicted octanol–water partition coefficient (Wildman–Crippen LogP) is 3.42. The molecule has 0 spiro atoms. The van der Waals surface area contributed by atoms with Crippen LogP contribution < -0.4 is 0 Å². The topological polar surface area (TPSA) is 46.5 Å². The van der Waals surface area contributed by atoms with Gasteiger partial charge in [-0.1, -0.05) is 30.3 Å². The lowest BCUT2D eigenvalue weighted by Crippen LogP contribution is -1.87. The second kappa shape index (κ2) is 7.49. The highest BCUT2D eigenvalue weighted by molar-refractivity contribution is 5.76. The van der Waals surface area contributed by atoms with Gasteiger partial charge in [0.25, 0.3) is 5.91 Å². The average molecular weight is 231 g/mol. The van der Waals surface area contributed by atoms with Gasteiger partial charge in [0.2, 0.25) is 0 Å². The van der Waals surface area contributed by atoms with Gasteiger partial charge in [-0.3, -0.25) is 4.79 Å². The summed E-state index contributed by atoms with van der Waals surface area (Å²) in [7, 11) is 0. The molecule has 1 aromatic rings. The molecule has 0 radical (unpaired) electrons. The summed E-state index contributed by atoms with van der Waals surface area (Å²) in [5, 5.41) is 2.19. The van der Waals surface area contributed by atoms with E-state index in [1.165, 1.54) is 19.3 Å². The van der Waals surface area contributed by atoms with Crippen LogP contribution in [0.1, 0.15) is 30.4 Å². The molecular formula is C14H17NO2. The maximum Gasteiger partial charge on any atom is 0.286 e. The Bertz CT molecular complexity index is 376. The Morgan fingerprint density at radius 1 is 1.29 bits per heavy atom. The van der Waals surface area contributed by atoms with Crippen LogP contribution in [0.25, 0.3) is 0 Å². The Morgan fingerprint density at radius 3 is 2.35 bits per heavy atom. The number of nitroso groups, excluding NO2 is 1. The van der Waals surface area contributed by atoms with Gasteiger partial charge in [-0.25, -0.2) is 0 Å². The number of aryl methyl sites for hydroxylation is 2. The number of benzene rings is 1. The highest BCUT2D eigenvalue weighted by Gasteiger charge is 2.07. The van der Waals surface area contributed by atoms with Crippen molar-refractivity contribution in [2.45, 2.75) is 32.1 Å². The van der Waals surface area contributed by atoms with E-state index in [1.807, 2.05) is 0 Å². The van der Waals surface area contributed by atoms with Gasteiger partial charge >= 0.3 is 0 Å². The molecule has 0 saturated heterocycles. The number of carbonyl (C=O) groups is 1. The molecule has 0 unspecified atom stereocenters.